The largest absolute Gasteiger partial charge is 0.507 e. The van der Waals surface area contributed by atoms with Crippen molar-refractivity contribution >= 4 is 29.4 Å². The molecule has 0 heterocycles. The van der Waals surface area contributed by atoms with Crippen LogP contribution in [0.5, 0.6) is 5.75 Å². The molecule has 102 valence electrons. The SMILES string of the molecule is N=Cc1ccc(NC(=O)Cc2cccc(Cl)c2)cc1O. The number of hydrogen-bond acceptors (Lipinski definition) is 3. The maximum absolute atomic E-state index is 11.9. The van der Waals surface area contributed by atoms with Crippen LogP contribution in [0.15, 0.2) is 42.5 Å². The van der Waals surface area contributed by atoms with Gasteiger partial charge in [0, 0.05) is 28.6 Å². The van der Waals surface area contributed by atoms with Crippen molar-refractivity contribution in [1.82, 2.24) is 0 Å². The number of aromatic hydroxyl groups is 1. The van der Waals surface area contributed by atoms with Crippen molar-refractivity contribution < 1.29 is 9.90 Å². The van der Waals surface area contributed by atoms with Crippen molar-refractivity contribution in [3.05, 3.63) is 58.6 Å². The Bertz CT molecular complexity index is 656. The lowest BCUT2D eigenvalue weighted by Gasteiger charge is -2.07. The van der Waals surface area contributed by atoms with E-state index in [4.69, 9.17) is 17.0 Å². The average molecular weight is 289 g/mol. The lowest BCUT2D eigenvalue weighted by atomic mass is 10.1. The number of amides is 1. The van der Waals surface area contributed by atoms with E-state index in [1.54, 1.807) is 30.3 Å². The van der Waals surface area contributed by atoms with Gasteiger partial charge in [-0.1, -0.05) is 23.7 Å². The number of hydrogen-bond donors (Lipinski definition) is 3. The van der Waals surface area contributed by atoms with Gasteiger partial charge in [0.2, 0.25) is 5.91 Å². The summed E-state index contributed by atoms with van der Waals surface area (Å²) in [4.78, 5) is 11.9. The number of phenolic OH excluding ortho intramolecular Hbond substituents is 1. The molecule has 0 aromatic heterocycles. The molecule has 20 heavy (non-hydrogen) atoms. The summed E-state index contributed by atoms with van der Waals surface area (Å²) >= 11 is 5.86. The number of anilines is 1. The van der Waals surface area contributed by atoms with Crippen LogP contribution in [-0.2, 0) is 11.2 Å². The monoisotopic (exact) mass is 288 g/mol. The minimum Gasteiger partial charge on any atom is -0.507 e. The lowest BCUT2D eigenvalue weighted by Crippen LogP contribution is -2.14. The summed E-state index contributed by atoms with van der Waals surface area (Å²) in [6.07, 6.45) is 1.25. The van der Waals surface area contributed by atoms with E-state index in [0.717, 1.165) is 11.8 Å². The van der Waals surface area contributed by atoms with Crippen molar-refractivity contribution in [3.63, 3.8) is 0 Å². The van der Waals surface area contributed by atoms with Gasteiger partial charge in [0.25, 0.3) is 0 Å². The molecule has 0 radical (unpaired) electrons. The minimum atomic E-state index is -0.200. The van der Waals surface area contributed by atoms with Gasteiger partial charge in [0.1, 0.15) is 5.75 Å². The number of rotatable bonds is 4. The fourth-order valence-corrected chi connectivity index (χ4v) is 1.99. The maximum Gasteiger partial charge on any atom is 0.228 e. The third kappa shape index (κ3) is 3.59. The molecule has 0 bridgehead atoms. The molecular formula is C15H13ClN2O2. The van der Waals surface area contributed by atoms with Crippen LogP contribution in [0, 0.1) is 5.41 Å². The molecule has 2 aromatic rings. The smallest absolute Gasteiger partial charge is 0.228 e. The highest BCUT2D eigenvalue weighted by molar-refractivity contribution is 6.30. The number of benzene rings is 2. The number of halogens is 1. The summed E-state index contributed by atoms with van der Waals surface area (Å²) in [5.74, 6) is -0.241. The van der Waals surface area contributed by atoms with Crippen molar-refractivity contribution in [2.75, 3.05) is 5.32 Å². The number of carbonyl (C=O) groups excluding carboxylic acids is 1. The van der Waals surface area contributed by atoms with Gasteiger partial charge in [-0.3, -0.25) is 4.79 Å². The van der Waals surface area contributed by atoms with Crippen LogP contribution in [0.2, 0.25) is 5.02 Å². The normalized spacial score (nSPS) is 10.1. The zero-order valence-electron chi connectivity index (χ0n) is 10.6. The molecule has 0 atom stereocenters. The van der Waals surface area contributed by atoms with E-state index >= 15 is 0 Å². The number of carbonyl (C=O) groups is 1. The van der Waals surface area contributed by atoms with Crippen LogP contribution in [0.1, 0.15) is 11.1 Å². The molecule has 4 nitrogen and oxygen atoms in total. The topological polar surface area (TPSA) is 73.2 Å². The van der Waals surface area contributed by atoms with E-state index in [1.807, 2.05) is 6.07 Å². The summed E-state index contributed by atoms with van der Waals surface area (Å²) in [5.41, 5.74) is 1.70. The van der Waals surface area contributed by atoms with E-state index in [0.29, 0.717) is 16.3 Å². The Kier molecular flexibility index (Phi) is 4.38. The molecule has 3 N–H and O–H groups in total. The third-order valence-corrected chi connectivity index (χ3v) is 2.96. The summed E-state index contributed by atoms with van der Waals surface area (Å²) in [6, 6.07) is 11.7. The van der Waals surface area contributed by atoms with Gasteiger partial charge in [0.05, 0.1) is 6.42 Å². The molecule has 0 unspecified atom stereocenters. The summed E-state index contributed by atoms with van der Waals surface area (Å²) < 4.78 is 0. The van der Waals surface area contributed by atoms with Crippen LogP contribution >= 0.6 is 11.6 Å². The molecule has 1 amide bonds. The van der Waals surface area contributed by atoms with Gasteiger partial charge < -0.3 is 15.8 Å². The van der Waals surface area contributed by atoms with E-state index in [-0.39, 0.29) is 18.1 Å². The predicted molar refractivity (Wildman–Crippen MR) is 79.8 cm³/mol. The molecule has 0 aliphatic heterocycles. The Labute approximate surface area is 121 Å². The van der Waals surface area contributed by atoms with Crippen molar-refractivity contribution in [2.45, 2.75) is 6.42 Å². The van der Waals surface area contributed by atoms with E-state index in [2.05, 4.69) is 5.32 Å². The highest BCUT2D eigenvalue weighted by Gasteiger charge is 2.06. The first kappa shape index (κ1) is 14.1. The molecule has 0 saturated heterocycles. The summed E-state index contributed by atoms with van der Waals surface area (Å²) in [5, 5.41) is 20.0. The standard InChI is InChI=1S/C15H13ClN2O2/c16-12-3-1-2-10(6-12)7-15(20)18-13-5-4-11(9-17)14(19)8-13/h1-6,8-9,17,19H,7H2,(H,18,20). The zero-order chi connectivity index (χ0) is 14.5. The average Bonchev–Trinajstić information content (AvgIpc) is 2.38. The van der Waals surface area contributed by atoms with E-state index in [1.165, 1.54) is 6.07 Å². The molecular weight excluding hydrogens is 276 g/mol. The molecule has 0 aliphatic rings. The van der Waals surface area contributed by atoms with E-state index in [9.17, 15) is 9.90 Å². The number of phenols is 1. The minimum absolute atomic E-state index is 0.0412. The molecule has 2 aromatic carbocycles. The van der Waals surface area contributed by atoms with Crippen LogP contribution < -0.4 is 5.32 Å². The third-order valence-electron chi connectivity index (χ3n) is 2.72. The first-order chi connectivity index (χ1) is 9.58. The van der Waals surface area contributed by atoms with Crippen molar-refractivity contribution in [1.29, 1.82) is 5.41 Å². The second-order valence-electron chi connectivity index (χ2n) is 4.27. The zero-order valence-corrected chi connectivity index (χ0v) is 11.3. The van der Waals surface area contributed by atoms with Crippen LogP contribution in [-0.4, -0.2) is 17.2 Å². The van der Waals surface area contributed by atoms with Gasteiger partial charge in [0.15, 0.2) is 0 Å². The molecule has 0 saturated carbocycles. The summed E-state index contributed by atoms with van der Waals surface area (Å²) in [7, 11) is 0. The Hall–Kier alpha value is -2.33. The summed E-state index contributed by atoms with van der Waals surface area (Å²) in [6.45, 7) is 0. The molecule has 2 rings (SSSR count). The Morgan fingerprint density at radius 2 is 2.10 bits per heavy atom. The van der Waals surface area contributed by atoms with Crippen LogP contribution in [0.3, 0.4) is 0 Å². The maximum atomic E-state index is 11.9. The van der Waals surface area contributed by atoms with E-state index < -0.39 is 0 Å². The van der Waals surface area contributed by atoms with Crippen molar-refractivity contribution in [3.8, 4) is 5.75 Å². The Morgan fingerprint density at radius 3 is 2.75 bits per heavy atom. The molecule has 0 aliphatic carbocycles. The highest BCUT2D eigenvalue weighted by Crippen LogP contribution is 2.20. The molecule has 0 spiro atoms. The lowest BCUT2D eigenvalue weighted by molar-refractivity contribution is -0.115. The second kappa shape index (κ2) is 6.21. The van der Waals surface area contributed by atoms with Gasteiger partial charge in [-0.2, -0.15) is 0 Å². The van der Waals surface area contributed by atoms with Crippen molar-refractivity contribution in [2.24, 2.45) is 0 Å². The van der Waals surface area contributed by atoms with Gasteiger partial charge in [-0.05, 0) is 29.8 Å². The van der Waals surface area contributed by atoms with Gasteiger partial charge in [-0.15, -0.1) is 0 Å². The van der Waals surface area contributed by atoms with Gasteiger partial charge in [-0.25, -0.2) is 0 Å². The quantitative estimate of drug-likeness (QED) is 0.756. The first-order valence-electron chi connectivity index (χ1n) is 5.96. The Morgan fingerprint density at radius 1 is 1.30 bits per heavy atom. The first-order valence-corrected chi connectivity index (χ1v) is 6.34. The van der Waals surface area contributed by atoms with Gasteiger partial charge >= 0.3 is 0 Å². The van der Waals surface area contributed by atoms with Crippen LogP contribution in [0.4, 0.5) is 5.69 Å². The molecule has 0 fully saturated rings. The fourth-order valence-electron chi connectivity index (χ4n) is 1.78. The number of nitrogens with one attached hydrogen (secondary N) is 2. The molecule has 5 heteroatoms. The predicted octanol–water partition coefficient (Wildman–Crippen LogP) is 3.22. The van der Waals surface area contributed by atoms with Crippen LogP contribution in [0.25, 0.3) is 0 Å². The highest BCUT2D eigenvalue weighted by atomic mass is 35.5. The fraction of sp³-hybridized carbons (Fsp3) is 0.0667. The Balaban J connectivity index is 2.04. The second-order valence-corrected chi connectivity index (χ2v) is 4.71.